The lowest BCUT2D eigenvalue weighted by molar-refractivity contribution is -0.144. The van der Waals surface area contributed by atoms with Crippen LogP contribution in [0.15, 0.2) is 121 Å². The zero-order chi connectivity index (χ0) is 42.2. The van der Waals surface area contributed by atoms with Gasteiger partial charge in [0.2, 0.25) is 11.8 Å². The number of imide groups is 2. The molecule has 5 aliphatic rings. The number of nitrogens with one attached hydrogen (secondary N) is 1. The lowest BCUT2D eigenvalue weighted by atomic mass is 9.49. The Balaban J connectivity index is 1.09. The van der Waals surface area contributed by atoms with E-state index in [1.165, 1.54) is 11.6 Å². The van der Waals surface area contributed by atoms with Crippen LogP contribution in [0.1, 0.15) is 48.3 Å². The predicted octanol–water partition coefficient (Wildman–Crippen LogP) is 8.51. The van der Waals surface area contributed by atoms with E-state index >= 15 is 14.4 Å². The highest BCUT2D eigenvalue weighted by Gasteiger charge is 2.70. The highest BCUT2D eigenvalue weighted by atomic mass is 35.5. The van der Waals surface area contributed by atoms with Crippen molar-refractivity contribution in [2.45, 2.75) is 49.6 Å². The number of phenolic OH excluding ortho intramolecular Hbond substituents is 1. The number of halogens is 2. The summed E-state index contributed by atoms with van der Waals surface area (Å²) in [6, 6.07) is 33.1. The number of methoxy groups -OCH3 is 1. The lowest BCUT2D eigenvalue weighted by Crippen LogP contribution is -2.53. The number of ether oxygens (including phenoxy) is 1. The van der Waals surface area contributed by atoms with Crippen LogP contribution in [-0.4, -0.2) is 69.8 Å². The van der Waals surface area contributed by atoms with Crippen LogP contribution < -0.4 is 10.2 Å². The maximum Gasteiger partial charge on any atom is 0.260 e. The van der Waals surface area contributed by atoms with Crippen molar-refractivity contribution >= 4 is 63.3 Å². The second-order valence-corrected chi connectivity index (χ2v) is 17.8. The third kappa shape index (κ3) is 6.24. The number of likely N-dealkylation sites (tertiary alicyclic amines) is 2. The number of hydrazine groups is 1. The fraction of sp³-hybridized carbons (Fsp3) is 0.306. The van der Waals surface area contributed by atoms with Gasteiger partial charge in [-0.3, -0.25) is 34.4 Å². The smallest absolute Gasteiger partial charge is 0.260 e. The molecule has 0 bridgehead atoms. The van der Waals surface area contributed by atoms with Crippen LogP contribution in [0.5, 0.6) is 11.5 Å². The first kappa shape index (κ1) is 39.5. The van der Waals surface area contributed by atoms with Gasteiger partial charge in [-0.25, -0.2) is 0 Å². The molecule has 6 unspecified atom stereocenters. The summed E-state index contributed by atoms with van der Waals surface area (Å²) >= 11 is 12.9. The quantitative estimate of drug-likeness (QED) is 0.118. The summed E-state index contributed by atoms with van der Waals surface area (Å²) in [6.45, 7) is 2.33. The van der Waals surface area contributed by atoms with Crippen molar-refractivity contribution in [1.29, 1.82) is 0 Å². The fourth-order valence-electron chi connectivity index (χ4n) is 11.3. The zero-order valence-corrected chi connectivity index (χ0v) is 35.0. The number of amides is 4. The molecule has 10 nitrogen and oxygen atoms in total. The Morgan fingerprint density at radius 2 is 1.52 bits per heavy atom. The highest BCUT2D eigenvalue weighted by molar-refractivity contribution is 6.36. The van der Waals surface area contributed by atoms with Crippen molar-refractivity contribution in [3.05, 3.63) is 148 Å². The second-order valence-electron chi connectivity index (χ2n) is 17.0. The predicted molar refractivity (Wildman–Crippen MR) is 233 cm³/mol. The molecule has 2 aliphatic carbocycles. The molecular weight excluding hydrogens is 811 g/mol. The molecule has 2 N–H and O–H groups in total. The van der Waals surface area contributed by atoms with Crippen molar-refractivity contribution in [2.24, 2.45) is 23.7 Å². The molecule has 3 saturated heterocycles. The SMILES string of the molecule is COc1ccc(C23C(=O)N(Nc4ccc(Cl)cc4Cl)C(=O)C2CC2C(=CCC4C(=O)N(C5CCN(Cc6ccccc6)CC5)C(=O)C42)C3c2ccc(O)c3ccccc23)cc1. The Bertz CT molecular complexity index is 2630. The van der Waals surface area contributed by atoms with Gasteiger partial charge in [0.1, 0.15) is 11.5 Å². The van der Waals surface area contributed by atoms with Crippen LogP contribution in [-0.2, 0) is 31.1 Å². The Morgan fingerprint density at radius 3 is 2.25 bits per heavy atom. The minimum Gasteiger partial charge on any atom is -0.507 e. The minimum atomic E-state index is -1.53. The Hall–Kier alpha value is -5.68. The normalized spacial score (nSPS) is 26.6. The van der Waals surface area contributed by atoms with E-state index in [-0.39, 0.29) is 35.0 Å². The lowest BCUT2D eigenvalue weighted by Gasteiger charge is -2.51. The summed E-state index contributed by atoms with van der Waals surface area (Å²) < 4.78 is 5.55. The van der Waals surface area contributed by atoms with Crippen molar-refractivity contribution in [3.8, 4) is 11.5 Å². The molecule has 6 atom stereocenters. The molecule has 5 aromatic carbocycles. The molecule has 4 amide bonds. The number of nitrogens with zero attached hydrogens (tertiary/aromatic N) is 3. The molecule has 1 saturated carbocycles. The summed E-state index contributed by atoms with van der Waals surface area (Å²) in [6.07, 6.45) is 3.91. The number of benzene rings is 5. The standard InChI is InChI=1S/C49H44Cl2N4O6/c1-61-32-14-11-29(12-15-32)49-39(46(58)55(48(49)60)52-41-19-13-30(50)25-40(41)51)26-38-36(44(49)35-18-20-42(56)34-10-6-5-9-33(34)35)16-17-37-43(38)47(59)54(45(37)57)31-21-23-53(24-22-31)27-28-7-3-2-4-8-28/h2-16,18-20,25,31,37-39,43-44,52,56H,17,21-24,26-27H2,1H3. The van der Waals surface area contributed by atoms with Gasteiger partial charge in [-0.15, -0.1) is 0 Å². The number of hydrogen-bond donors (Lipinski definition) is 2. The number of fused-ring (bicyclic) bond motifs is 5. The summed E-state index contributed by atoms with van der Waals surface area (Å²) in [5, 5.41) is 14.2. The largest absolute Gasteiger partial charge is 0.507 e. The van der Waals surface area contributed by atoms with Crippen LogP contribution in [0.25, 0.3) is 10.8 Å². The van der Waals surface area contributed by atoms with Crippen molar-refractivity contribution in [2.75, 3.05) is 25.6 Å². The van der Waals surface area contributed by atoms with Gasteiger partial charge in [0.25, 0.3) is 11.8 Å². The van der Waals surface area contributed by atoms with E-state index in [0.717, 1.165) is 35.8 Å². The van der Waals surface area contributed by atoms with E-state index in [9.17, 15) is 9.90 Å². The number of hydrogen-bond acceptors (Lipinski definition) is 8. The van der Waals surface area contributed by atoms with Crippen LogP contribution in [0, 0.1) is 23.7 Å². The third-order valence-electron chi connectivity index (χ3n) is 14.0. The van der Waals surface area contributed by atoms with Crippen molar-refractivity contribution in [1.82, 2.24) is 14.8 Å². The zero-order valence-electron chi connectivity index (χ0n) is 33.5. The number of anilines is 1. The Kier molecular flexibility index (Phi) is 9.93. The number of aromatic hydroxyl groups is 1. The number of rotatable bonds is 8. The molecule has 0 radical (unpaired) electrons. The van der Waals surface area contributed by atoms with Crippen LogP contribution >= 0.6 is 23.2 Å². The first-order valence-electron chi connectivity index (χ1n) is 20.9. The summed E-state index contributed by atoms with van der Waals surface area (Å²) in [7, 11) is 1.57. The molecule has 5 aromatic rings. The molecule has 61 heavy (non-hydrogen) atoms. The van der Waals surface area contributed by atoms with Crippen molar-refractivity contribution in [3.63, 3.8) is 0 Å². The van der Waals surface area contributed by atoms with E-state index in [4.69, 9.17) is 27.9 Å². The van der Waals surface area contributed by atoms with E-state index in [1.54, 1.807) is 42.3 Å². The van der Waals surface area contributed by atoms with Gasteiger partial charge < -0.3 is 9.84 Å². The Labute approximate surface area is 363 Å². The maximum absolute atomic E-state index is 15.7. The van der Waals surface area contributed by atoms with Gasteiger partial charge in [0.15, 0.2) is 0 Å². The van der Waals surface area contributed by atoms with E-state index in [1.807, 2.05) is 60.7 Å². The first-order valence-corrected chi connectivity index (χ1v) is 21.6. The second kappa shape index (κ2) is 15.3. The van der Waals surface area contributed by atoms with Gasteiger partial charge >= 0.3 is 0 Å². The molecule has 3 heterocycles. The van der Waals surface area contributed by atoms with Gasteiger partial charge in [0.05, 0.1) is 41.0 Å². The summed E-state index contributed by atoms with van der Waals surface area (Å²) in [5.41, 5.74) is 5.26. The molecule has 10 rings (SSSR count). The molecular formula is C49H44Cl2N4O6. The third-order valence-corrected chi connectivity index (χ3v) is 14.6. The van der Waals surface area contributed by atoms with E-state index in [2.05, 4.69) is 28.5 Å². The maximum atomic E-state index is 15.7. The van der Waals surface area contributed by atoms with E-state index in [0.29, 0.717) is 52.1 Å². The average molecular weight is 856 g/mol. The van der Waals surface area contributed by atoms with Gasteiger partial charge in [-0.2, -0.15) is 5.01 Å². The topological polar surface area (TPSA) is 119 Å². The molecule has 12 heteroatoms. The first-order chi connectivity index (χ1) is 29.6. The number of carbonyl (C=O) groups is 4. The van der Waals surface area contributed by atoms with Crippen LogP contribution in [0.4, 0.5) is 5.69 Å². The summed E-state index contributed by atoms with van der Waals surface area (Å²) in [4.78, 5) is 64.5. The number of carbonyl (C=O) groups excluding carboxylic acids is 4. The number of phenols is 1. The fourth-order valence-corrected chi connectivity index (χ4v) is 11.8. The molecule has 0 aromatic heterocycles. The van der Waals surface area contributed by atoms with E-state index < -0.39 is 46.8 Å². The molecule has 0 spiro atoms. The molecule has 310 valence electrons. The van der Waals surface area contributed by atoms with Gasteiger partial charge in [-0.05, 0) is 90.1 Å². The molecule has 3 aliphatic heterocycles. The molecule has 4 fully saturated rings. The van der Waals surface area contributed by atoms with Gasteiger partial charge in [-0.1, -0.05) is 108 Å². The average Bonchev–Trinajstić information content (AvgIpc) is 3.66. The summed E-state index contributed by atoms with van der Waals surface area (Å²) in [5.74, 6) is -4.20. The number of allylic oxidation sites excluding steroid dienone is 2. The Morgan fingerprint density at radius 1 is 0.803 bits per heavy atom. The van der Waals surface area contributed by atoms with Gasteiger partial charge in [0, 0.05) is 42.0 Å². The number of piperidine rings is 1. The van der Waals surface area contributed by atoms with Crippen LogP contribution in [0.2, 0.25) is 10.0 Å². The highest BCUT2D eigenvalue weighted by Crippen LogP contribution is 2.65. The van der Waals surface area contributed by atoms with Crippen molar-refractivity contribution < 1.29 is 29.0 Å². The monoisotopic (exact) mass is 854 g/mol. The van der Waals surface area contributed by atoms with Crippen LogP contribution in [0.3, 0.4) is 0 Å². The minimum absolute atomic E-state index is 0.0796.